The fraction of sp³-hybridized carbons (Fsp3) is 0.667. The molecule has 1 aliphatic heterocycles. The molecule has 0 spiro atoms. The zero-order valence-electron chi connectivity index (χ0n) is 17.8. The maximum atomic E-state index is 13.4. The minimum absolute atomic E-state index is 0.0861. The van der Waals surface area contributed by atoms with Crippen molar-refractivity contribution in [1.29, 1.82) is 0 Å². The Labute approximate surface area is 172 Å². The molecule has 3 fully saturated rings. The van der Waals surface area contributed by atoms with Crippen molar-refractivity contribution < 1.29 is 18.7 Å². The van der Waals surface area contributed by atoms with Gasteiger partial charge in [-0.05, 0) is 60.6 Å². The van der Waals surface area contributed by atoms with Crippen molar-refractivity contribution in [2.24, 2.45) is 10.8 Å². The number of carbonyl (C=O) groups excluding carboxylic acids is 2. The predicted molar refractivity (Wildman–Crippen MR) is 109 cm³/mol. The van der Waals surface area contributed by atoms with Crippen molar-refractivity contribution >= 4 is 11.9 Å². The van der Waals surface area contributed by atoms with Gasteiger partial charge in [0.25, 0.3) is 5.91 Å². The second kappa shape index (κ2) is 7.10. The van der Waals surface area contributed by atoms with Gasteiger partial charge in [0.05, 0.1) is 5.41 Å². The van der Waals surface area contributed by atoms with E-state index in [1.54, 1.807) is 12.1 Å². The number of carbonyl (C=O) groups is 2. The lowest BCUT2D eigenvalue weighted by atomic mass is 9.65. The molecular formula is C24H32FNO3. The van der Waals surface area contributed by atoms with E-state index in [4.69, 9.17) is 4.74 Å². The molecule has 29 heavy (non-hydrogen) atoms. The second-order valence-corrected chi connectivity index (χ2v) is 10.6. The van der Waals surface area contributed by atoms with E-state index in [0.717, 1.165) is 44.2 Å². The highest BCUT2D eigenvalue weighted by atomic mass is 19.1. The molecule has 0 unspecified atom stereocenters. The quantitative estimate of drug-likeness (QED) is 0.693. The van der Waals surface area contributed by atoms with Gasteiger partial charge in [-0.25, -0.2) is 4.39 Å². The molecule has 2 bridgehead atoms. The van der Waals surface area contributed by atoms with E-state index in [0.29, 0.717) is 12.8 Å². The number of nitrogens with zero attached hydrogens (tertiary/aromatic N) is 1. The highest BCUT2D eigenvalue weighted by Gasteiger charge is 2.51. The molecule has 0 aromatic heterocycles. The minimum Gasteiger partial charge on any atom is -0.455 e. The van der Waals surface area contributed by atoms with Crippen molar-refractivity contribution in [3.05, 3.63) is 35.6 Å². The first-order valence-corrected chi connectivity index (χ1v) is 10.9. The summed E-state index contributed by atoms with van der Waals surface area (Å²) in [5, 5.41) is 0. The van der Waals surface area contributed by atoms with Crippen LogP contribution in [0.25, 0.3) is 0 Å². The van der Waals surface area contributed by atoms with Crippen molar-refractivity contribution in [3.8, 4) is 0 Å². The Morgan fingerprint density at radius 1 is 1.10 bits per heavy atom. The van der Waals surface area contributed by atoms with E-state index in [1.807, 2.05) is 4.90 Å². The van der Waals surface area contributed by atoms with Crippen molar-refractivity contribution in [2.45, 2.75) is 77.2 Å². The summed E-state index contributed by atoms with van der Waals surface area (Å²) in [6.07, 6.45) is 6.39. The first-order valence-electron chi connectivity index (χ1n) is 10.9. The van der Waals surface area contributed by atoms with Gasteiger partial charge in [0.2, 0.25) is 0 Å². The number of amides is 1. The van der Waals surface area contributed by atoms with Crippen molar-refractivity contribution in [3.63, 3.8) is 0 Å². The summed E-state index contributed by atoms with van der Waals surface area (Å²) in [4.78, 5) is 28.0. The number of rotatable bonds is 4. The summed E-state index contributed by atoms with van der Waals surface area (Å²) < 4.78 is 19.0. The average Bonchev–Trinajstić information content (AvgIpc) is 3.22. The lowest BCUT2D eigenvalue weighted by molar-refractivity contribution is -0.157. The van der Waals surface area contributed by atoms with Crippen LogP contribution in [0, 0.1) is 16.6 Å². The Morgan fingerprint density at radius 2 is 1.76 bits per heavy atom. The number of likely N-dealkylation sites (tertiary alicyclic amines) is 1. The van der Waals surface area contributed by atoms with Crippen LogP contribution in [0.3, 0.4) is 0 Å². The molecule has 2 saturated carbocycles. The summed E-state index contributed by atoms with van der Waals surface area (Å²) >= 11 is 0. The van der Waals surface area contributed by atoms with Crippen LogP contribution in [0.5, 0.6) is 0 Å². The van der Waals surface area contributed by atoms with Crippen LogP contribution in [0.15, 0.2) is 24.3 Å². The molecule has 5 heteroatoms. The first-order chi connectivity index (χ1) is 13.6. The third-order valence-corrected chi connectivity index (χ3v) is 7.31. The van der Waals surface area contributed by atoms with Gasteiger partial charge in [-0.15, -0.1) is 0 Å². The fourth-order valence-corrected chi connectivity index (χ4v) is 6.46. The number of esters is 1. The second-order valence-electron chi connectivity index (χ2n) is 10.6. The number of halogens is 1. The number of fused-ring (bicyclic) bond motifs is 2. The number of ether oxygens (including phenoxy) is 1. The standard InChI is InChI=1S/C24H32FNO3/c1-22(2)12-19-13-23(3,15-22)16-26(19)20(27)14-29-21(28)24(10-4-5-11-24)17-6-8-18(25)9-7-17/h6-9,19H,4-5,10-16H2,1-3H3/t19-,23-/m1/s1. The van der Waals surface area contributed by atoms with Crippen molar-refractivity contribution in [1.82, 2.24) is 4.90 Å². The van der Waals surface area contributed by atoms with Crippen LogP contribution in [-0.2, 0) is 19.7 Å². The van der Waals surface area contributed by atoms with Crippen LogP contribution < -0.4 is 0 Å². The normalized spacial score (nSPS) is 29.7. The smallest absolute Gasteiger partial charge is 0.317 e. The largest absolute Gasteiger partial charge is 0.455 e. The van der Waals surface area contributed by atoms with E-state index in [1.165, 1.54) is 12.1 Å². The Bertz CT molecular complexity index is 797. The monoisotopic (exact) mass is 401 g/mol. The van der Waals surface area contributed by atoms with Crippen LogP contribution in [0.1, 0.15) is 71.3 Å². The molecule has 2 aliphatic carbocycles. The van der Waals surface area contributed by atoms with Crippen LogP contribution in [0.2, 0.25) is 0 Å². The Kier molecular flexibility index (Phi) is 4.99. The highest BCUT2D eigenvalue weighted by molar-refractivity contribution is 5.87. The molecule has 4 rings (SSSR count). The minimum atomic E-state index is -0.747. The molecule has 1 amide bonds. The molecule has 3 aliphatic rings. The topological polar surface area (TPSA) is 46.6 Å². The molecule has 2 atom stereocenters. The Balaban J connectivity index is 1.44. The Morgan fingerprint density at radius 3 is 2.41 bits per heavy atom. The molecule has 1 heterocycles. The Hall–Kier alpha value is -1.91. The molecule has 4 nitrogen and oxygen atoms in total. The molecule has 1 saturated heterocycles. The molecule has 0 radical (unpaired) electrons. The summed E-state index contributed by atoms with van der Waals surface area (Å²) in [5.41, 5.74) is 0.440. The zero-order valence-corrected chi connectivity index (χ0v) is 17.8. The zero-order chi connectivity index (χ0) is 20.9. The number of benzene rings is 1. The van der Waals surface area contributed by atoms with E-state index in [-0.39, 0.29) is 41.2 Å². The van der Waals surface area contributed by atoms with E-state index < -0.39 is 5.41 Å². The van der Waals surface area contributed by atoms with Gasteiger partial charge in [-0.2, -0.15) is 0 Å². The third kappa shape index (κ3) is 3.80. The molecular weight excluding hydrogens is 369 g/mol. The van der Waals surface area contributed by atoms with Crippen LogP contribution in [-0.4, -0.2) is 36.0 Å². The van der Waals surface area contributed by atoms with Gasteiger partial charge in [-0.1, -0.05) is 45.7 Å². The predicted octanol–water partition coefficient (Wildman–Crippen LogP) is 4.61. The average molecular weight is 402 g/mol. The SMILES string of the molecule is CC1(C)C[C@@H]2C[C@@](C)(CN2C(=O)COC(=O)C2(c3ccc(F)cc3)CCCC2)C1. The maximum Gasteiger partial charge on any atom is 0.317 e. The summed E-state index contributed by atoms with van der Waals surface area (Å²) in [6.45, 7) is 7.37. The summed E-state index contributed by atoms with van der Waals surface area (Å²) in [6, 6.07) is 6.38. The molecule has 1 aromatic rings. The van der Waals surface area contributed by atoms with Gasteiger partial charge in [0.15, 0.2) is 6.61 Å². The number of hydrogen-bond acceptors (Lipinski definition) is 3. The van der Waals surface area contributed by atoms with E-state index in [2.05, 4.69) is 20.8 Å². The van der Waals surface area contributed by atoms with Crippen molar-refractivity contribution in [2.75, 3.05) is 13.2 Å². The lowest BCUT2D eigenvalue weighted by Gasteiger charge is -2.39. The first kappa shape index (κ1) is 20.4. The van der Waals surface area contributed by atoms with Gasteiger partial charge < -0.3 is 9.64 Å². The fourth-order valence-electron chi connectivity index (χ4n) is 6.46. The van der Waals surface area contributed by atoms with Gasteiger partial charge in [-0.3, -0.25) is 9.59 Å². The summed E-state index contributed by atoms with van der Waals surface area (Å²) in [5.74, 6) is -0.747. The molecule has 0 N–H and O–H groups in total. The van der Waals surface area contributed by atoms with E-state index >= 15 is 0 Å². The van der Waals surface area contributed by atoms with Crippen LogP contribution in [0.4, 0.5) is 4.39 Å². The van der Waals surface area contributed by atoms with E-state index in [9.17, 15) is 14.0 Å². The van der Waals surface area contributed by atoms with Gasteiger partial charge >= 0.3 is 5.97 Å². The van der Waals surface area contributed by atoms with Gasteiger partial charge in [0.1, 0.15) is 5.82 Å². The third-order valence-electron chi connectivity index (χ3n) is 7.31. The van der Waals surface area contributed by atoms with Gasteiger partial charge in [0, 0.05) is 12.6 Å². The summed E-state index contributed by atoms with van der Waals surface area (Å²) in [7, 11) is 0. The maximum absolute atomic E-state index is 13.4. The molecule has 1 aromatic carbocycles. The highest BCUT2D eigenvalue weighted by Crippen LogP contribution is 2.52. The molecule has 158 valence electrons. The lowest BCUT2D eigenvalue weighted by Crippen LogP contribution is -2.42. The van der Waals surface area contributed by atoms with Crippen LogP contribution >= 0.6 is 0 Å². The number of hydrogen-bond donors (Lipinski definition) is 0.